The van der Waals surface area contributed by atoms with E-state index < -0.39 is 0 Å². The number of benzene rings is 2. The van der Waals surface area contributed by atoms with Crippen molar-refractivity contribution in [1.29, 1.82) is 0 Å². The molecule has 11 nitrogen and oxygen atoms in total. The average molecular weight is 582 g/mol. The van der Waals surface area contributed by atoms with E-state index in [9.17, 15) is 9.59 Å². The zero-order valence-electron chi connectivity index (χ0n) is 25.1. The van der Waals surface area contributed by atoms with Gasteiger partial charge in [-0.1, -0.05) is 30.3 Å². The van der Waals surface area contributed by atoms with E-state index >= 15 is 0 Å². The lowest BCUT2D eigenvalue weighted by atomic mass is 9.98. The van der Waals surface area contributed by atoms with Crippen molar-refractivity contribution in [2.24, 2.45) is 13.0 Å². The highest BCUT2D eigenvalue weighted by Gasteiger charge is 2.33. The maximum Gasteiger partial charge on any atom is 0.237 e. The molecule has 4 aromatic rings. The summed E-state index contributed by atoms with van der Waals surface area (Å²) in [7, 11) is 1.86. The Kier molecular flexibility index (Phi) is 8.24. The van der Waals surface area contributed by atoms with E-state index in [0.717, 1.165) is 59.5 Å². The van der Waals surface area contributed by atoms with Crippen LogP contribution in [0.15, 0.2) is 54.9 Å². The molecule has 2 aromatic heterocycles. The van der Waals surface area contributed by atoms with Crippen molar-refractivity contribution in [3.8, 4) is 11.4 Å². The molecular formula is C32H39N9O2. The third kappa shape index (κ3) is 6.03. The van der Waals surface area contributed by atoms with E-state index in [1.807, 2.05) is 61.0 Å². The molecule has 0 spiro atoms. The van der Waals surface area contributed by atoms with Crippen LogP contribution >= 0.6 is 0 Å². The topological polar surface area (TPSA) is 115 Å². The quantitative estimate of drug-likeness (QED) is 0.309. The highest BCUT2D eigenvalue weighted by atomic mass is 16.2. The molecular weight excluding hydrogens is 542 g/mol. The van der Waals surface area contributed by atoms with E-state index in [1.54, 1.807) is 11.0 Å². The molecule has 4 heterocycles. The highest BCUT2D eigenvalue weighted by molar-refractivity contribution is 5.99. The molecule has 0 saturated carbocycles. The van der Waals surface area contributed by atoms with E-state index in [2.05, 4.69) is 48.7 Å². The summed E-state index contributed by atoms with van der Waals surface area (Å²) >= 11 is 0. The van der Waals surface area contributed by atoms with Crippen LogP contribution < -0.4 is 10.2 Å². The number of hydrogen-bond donors (Lipinski definition) is 2. The van der Waals surface area contributed by atoms with Gasteiger partial charge in [0.1, 0.15) is 6.33 Å². The van der Waals surface area contributed by atoms with Crippen molar-refractivity contribution < 1.29 is 9.59 Å². The van der Waals surface area contributed by atoms with Crippen molar-refractivity contribution in [3.63, 3.8) is 0 Å². The smallest absolute Gasteiger partial charge is 0.237 e. The number of anilines is 2. The number of carbonyl (C=O) groups excluding carboxylic acids is 2. The Hall–Kier alpha value is -4.51. The molecule has 0 bridgehead atoms. The largest absolute Gasteiger partial charge is 0.368 e. The summed E-state index contributed by atoms with van der Waals surface area (Å²) in [5.41, 5.74) is 5.21. The highest BCUT2D eigenvalue weighted by Crippen LogP contribution is 2.29. The molecule has 2 aromatic carbocycles. The Balaban J connectivity index is 1.03. The molecule has 2 aliphatic heterocycles. The minimum Gasteiger partial charge on any atom is -0.368 e. The lowest BCUT2D eigenvalue weighted by Crippen LogP contribution is -2.42. The number of aryl methyl sites for hydroxylation is 1. The Labute approximate surface area is 251 Å². The third-order valence-corrected chi connectivity index (χ3v) is 8.44. The minimum atomic E-state index is -0.127. The molecule has 2 N–H and O–H groups in total. The van der Waals surface area contributed by atoms with Gasteiger partial charge in [0.2, 0.25) is 11.8 Å². The van der Waals surface area contributed by atoms with Crippen LogP contribution in [0.5, 0.6) is 0 Å². The summed E-state index contributed by atoms with van der Waals surface area (Å²) in [5.74, 6) is 1.61. The maximum absolute atomic E-state index is 13.6. The van der Waals surface area contributed by atoms with Crippen LogP contribution in [0, 0.1) is 5.92 Å². The van der Waals surface area contributed by atoms with Crippen LogP contribution in [0.3, 0.4) is 0 Å². The van der Waals surface area contributed by atoms with E-state index in [4.69, 9.17) is 0 Å². The molecule has 1 atom stereocenters. The second kappa shape index (κ2) is 12.4. The first-order valence-corrected chi connectivity index (χ1v) is 15.1. The van der Waals surface area contributed by atoms with Gasteiger partial charge in [0.05, 0.1) is 18.0 Å². The van der Waals surface area contributed by atoms with Crippen LogP contribution in [0.25, 0.3) is 27.9 Å². The van der Waals surface area contributed by atoms with Crippen LogP contribution in [-0.2, 0) is 16.6 Å². The predicted octanol–water partition coefficient (Wildman–Crippen LogP) is 3.78. The normalized spacial score (nSPS) is 17.3. The standard InChI is InChI=1S/C32H39N9O2/c1-4-33-31-27-18-26(10-11-28(27)35-36-31)41(5-2)32(43)25-12-15-39(19-25)20-29(42)40-16-13-23(14-17-40)22-6-8-24(9-7-22)30-34-21-38(3)37-30/h6-11,13,18,21,25H,4-5,12,14-17,19-20H2,1-3H3,(H2,33,35,36)/t25-/m1/s1. The molecule has 6 rings (SSSR count). The Morgan fingerprint density at radius 2 is 1.91 bits per heavy atom. The number of H-pyrrole nitrogens is 1. The molecule has 0 unspecified atom stereocenters. The van der Waals surface area contributed by atoms with Crippen molar-refractivity contribution in [3.05, 3.63) is 60.4 Å². The Bertz CT molecular complexity index is 1640. The number of fused-ring (bicyclic) bond motifs is 1. The summed E-state index contributed by atoms with van der Waals surface area (Å²) in [6, 6.07) is 14.3. The summed E-state index contributed by atoms with van der Waals surface area (Å²) in [6.07, 6.45) is 5.43. The lowest BCUT2D eigenvalue weighted by molar-refractivity contribution is -0.132. The fourth-order valence-electron chi connectivity index (χ4n) is 6.09. The Morgan fingerprint density at radius 3 is 2.60 bits per heavy atom. The summed E-state index contributed by atoms with van der Waals surface area (Å²) in [5, 5.41) is 16.0. The van der Waals surface area contributed by atoms with Crippen LogP contribution in [0.4, 0.5) is 11.5 Å². The van der Waals surface area contributed by atoms with Gasteiger partial charge in [-0.2, -0.15) is 10.2 Å². The fraction of sp³-hybridized carbons (Fsp3) is 0.406. The first-order valence-electron chi connectivity index (χ1n) is 15.1. The number of nitrogens with one attached hydrogen (secondary N) is 2. The number of nitrogens with zero attached hydrogens (tertiary/aromatic N) is 7. The van der Waals surface area contributed by atoms with Crippen LogP contribution in [-0.4, -0.2) is 92.4 Å². The predicted molar refractivity (Wildman–Crippen MR) is 168 cm³/mol. The van der Waals surface area contributed by atoms with Gasteiger partial charge in [-0.3, -0.25) is 24.3 Å². The second-order valence-electron chi connectivity index (χ2n) is 11.3. The monoisotopic (exact) mass is 581 g/mol. The van der Waals surface area contributed by atoms with Crippen LogP contribution in [0.1, 0.15) is 32.3 Å². The van der Waals surface area contributed by atoms with Gasteiger partial charge in [-0.05, 0) is 62.6 Å². The number of aromatic nitrogens is 5. The van der Waals surface area contributed by atoms with Crippen molar-refractivity contribution in [2.45, 2.75) is 26.7 Å². The molecule has 224 valence electrons. The molecule has 11 heteroatoms. The Morgan fingerprint density at radius 1 is 1.09 bits per heavy atom. The molecule has 1 fully saturated rings. The van der Waals surface area contributed by atoms with Gasteiger partial charge in [-0.15, -0.1) is 0 Å². The number of amides is 2. The molecule has 2 amide bonds. The number of hydrogen-bond acceptors (Lipinski definition) is 7. The summed E-state index contributed by atoms with van der Waals surface area (Å²) in [4.78, 5) is 37.0. The molecule has 0 aliphatic carbocycles. The lowest BCUT2D eigenvalue weighted by Gasteiger charge is -2.29. The van der Waals surface area contributed by atoms with E-state index in [1.165, 1.54) is 5.57 Å². The van der Waals surface area contributed by atoms with Gasteiger partial charge in [0, 0.05) is 56.4 Å². The number of rotatable bonds is 9. The first kappa shape index (κ1) is 28.6. The number of carbonyl (C=O) groups is 2. The maximum atomic E-state index is 13.6. The van der Waals surface area contributed by atoms with Gasteiger partial charge >= 0.3 is 0 Å². The third-order valence-electron chi connectivity index (χ3n) is 8.44. The first-order chi connectivity index (χ1) is 20.9. The van der Waals surface area contributed by atoms with Gasteiger partial charge in [0.25, 0.3) is 0 Å². The van der Waals surface area contributed by atoms with Gasteiger partial charge < -0.3 is 15.1 Å². The van der Waals surface area contributed by atoms with Crippen LogP contribution in [0.2, 0.25) is 0 Å². The molecule has 2 aliphatic rings. The molecule has 43 heavy (non-hydrogen) atoms. The minimum absolute atomic E-state index is 0.112. The van der Waals surface area contributed by atoms with Gasteiger partial charge in [-0.25, -0.2) is 4.98 Å². The second-order valence-corrected chi connectivity index (χ2v) is 11.3. The van der Waals surface area contributed by atoms with E-state index in [-0.39, 0.29) is 17.7 Å². The average Bonchev–Trinajstić information content (AvgIpc) is 3.78. The van der Waals surface area contributed by atoms with E-state index in [0.29, 0.717) is 38.5 Å². The number of aromatic amines is 1. The van der Waals surface area contributed by atoms with Gasteiger partial charge in [0.15, 0.2) is 11.6 Å². The van der Waals surface area contributed by atoms with Crippen molar-refractivity contribution >= 4 is 39.8 Å². The summed E-state index contributed by atoms with van der Waals surface area (Å²) in [6.45, 7) is 8.38. The zero-order valence-corrected chi connectivity index (χ0v) is 25.1. The molecule has 0 radical (unpaired) electrons. The van der Waals surface area contributed by atoms with Crippen molar-refractivity contribution in [1.82, 2.24) is 34.8 Å². The molecule has 1 saturated heterocycles. The van der Waals surface area contributed by atoms with Crippen molar-refractivity contribution in [2.75, 3.05) is 56.0 Å². The summed E-state index contributed by atoms with van der Waals surface area (Å²) < 4.78 is 1.70. The number of likely N-dealkylation sites (tertiary alicyclic amines) is 1. The zero-order chi connectivity index (χ0) is 29.9. The SMILES string of the molecule is CCNc1n[nH]c2ccc(N(CC)C(=O)[C@@H]3CCN(CC(=O)N4CC=C(c5ccc(-c6ncn(C)n6)cc5)CC4)C3)cc12. The fourth-order valence-corrected chi connectivity index (χ4v) is 6.09.